The minimum atomic E-state index is -2.55. The Kier molecular flexibility index (Phi) is 9.61. The summed E-state index contributed by atoms with van der Waals surface area (Å²) >= 11 is 0. The topological polar surface area (TPSA) is 74.8 Å². The van der Waals surface area contributed by atoms with Crippen molar-refractivity contribution < 1.29 is 27.4 Å². The van der Waals surface area contributed by atoms with Crippen molar-refractivity contribution in [3.8, 4) is 0 Å². The first-order valence-corrected chi connectivity index (χ1v) is 10.1. The van der Waals surface area contributed by atoms with Gasteiger partial charge < -0.3 is 23.3 Å². The van der Waals surface area contributed by atoms with Crippen LogP contribution >= 0.6 is 0 Å². The SMILES string of the molecule is CO[Si](CCCNC(=O)OCCCCn1cc[n+](C)c1)(OC)OC. The molecule has 1 amide bonds. The van der Waals surface area contributed by atoms with Crippen LogP contribution < -0.4 is 9.88 Å². The van der Waals surface area contributed by atoms with E-state index in [-0.39, 0.29) is 6.09 Å². The van der Waals surface area contributed by atoms with Crippen molar-refractivity contribution in [2.45, 2.75) is 31.9 Å². The number of aryl methyl sites for hydroxylation is 2. The second-order valence-corrected chi connectivity index (χ2v) is 8.58. The number of ether oxygens (including phenoxy) is 1. The molecule has 0 spiro atoms. The zero-order valence-electron chi connectivity index (χ0n) is 15.1. The maximum atomic E-state index is 11.6. The molecule has 0 atom stereocenters. The maximum absolute atomic E-state index is 11.6. The van der Waals surface area contributed by atoms with Crippen molar-refractivity contribution in [2.75, 3.05) is 34.5 Å². The first-order valence-electron chi connectivity index (χ1n) is 8.12. The molecule has 138 valence electrons. The lowest BCUT2D eigenvalue weighted by Gasteiger charge is -2.24. The van der Waals surface area contributed by atoms with Crippen LogP contribution in [0.15, 0.2) is 18.7 Å². The van der Waals surface area contributed by atoms with E-state index >= 15 is 0 Å². The van der Waals surface area contributed by atoms with Crippen LogP contribution in [-0.4, -0.2) is 53.9 Å². The maximum Gasteiger partial charge on any atom is 0.500 e. The number of carbonyl (C=O) groups is 1. The number of hydrogen-bond acceptors (Lipinski definition) is 5. The average Bonchev–Trinajstić information content (AvgIpc) is 3.01. The van der Waals surface area contributed by atoms with Gasteiger partial charge in [0.25, 0.3) is 0 Å². The van der Waals surface area contributed by atoms with E-state index in [2.05, 4.69) is 9.88 Å². The second kappa shape index (κ2) is 11.2. The van der Waals surface area contributed by atoms with Crippen molar-refractivity contribution in [1.82, 2.24) is 9.88 Å². The van der Waals surface area contributed by atoms with E-state index in [0.29, 0.717) is 25.6 Å². The Morgan fingerprint density at radius 2 is 1.88 bits per heavy atom. The third-order valence-electron chi connectivity index (χ3n) is 3.73. The Labute approximate surface area is 145 Å². The molecule has 1 aromatic rings. The van der Waals surface area contributed by atoms with Crippen molar-refractivity contribution in [3.05, 3.63) is 18.7 Å². The van der Waals surface area contributed by atoms with E-state index in [1.807, 2.05) is 30.3 Å². The highest BCUT2D eigenvalue weighted by Gasteiger charge is 2.36. The molecule has 0 aliphatic heterocycles. The number of amides is 1. The first-order chi connectivity index (χ1) is 11.5. The van der Waals surface area contributed by atoms with Crippen LogP contribution in [-0.2, 0) is 31.6 Å². The Bertz CT molecular complexity index is 471. The van der Waals surface area contributed by atoms with Crippen molar-refractivity contribution in [1.29, 1.82) is 0 Å². The summed E-state index contributed by atoms with van der Waals surface area (Å²) in [6.45, 7) is 1.85. The third kappa shape index (κ3) is 7.43. The van der Waals surface area contributed by atoms with E-state index < -0.39 is 8.80 Å². The van der Waals surface area contributed by atoms with Gasteiger partial charge in [-0.3, -0.25) is 0 Å². The third-order valence-corrected chi connectivity index (χ3v) is 6.56. The normalized spacial score (nSPS) is 11.5. The molecule has 1 aromatic heterocycles. The molecule has 8 nitrogen and oxygen atoms in total. The first kappa shape index (κ1) is 20.6. The number of hydrogen-bond donors (Lipinski definition) is 1. The predicted molar refractivity (Wildman–Crippen MR) is 90.4 cm³/mol. The van der Waals surface area contributed by atoms with Crippen LogP contribution in [0.25, 0.3) is 0 Å². The summed E-state index contributed by atoms with van der Waals surface area (Å²) in [6.07, 6.45) is 8.17. The molecule has 24 heavy (non-hydrogen) atoms. The number of carbonyl (C=O) groups excluding carboxylic acids is 1. The number of nitrogens with one attached hydrogen (secondary N) is 1. The molecule has 0 saturated heterocycles. The second-order valence-electron chi connectivity index (χ2n) is 5.49. The largest absolute Gasteiger partial charge is 0.500 e. The fraction of sp³-hybridized carbons (Fsp3) is 0.733. The number of alkyl carbamates (subject to hydrolysis) is 1. The highest BCUT2D eigenvalue weighted by Crippen LogP contribution is 2.14. The molecule has 0 saturated carbocycles. The zero-order chi connectivity index (χ0) is 17.8. The highest BCUT2D eigenvalue weighted by atomic mass is 28.4. The van der Waals surface area contributed by atoms with Gasteiger partial charge >= 0.3 is 14.9 Å². The minimum Gasteiger partial charge on any atom is -0.450 e. The Balaban J connectivity index is 2.03. The summed E-state index contributed by atoms with van der Waals surface area (Å²) in [5.74, 6) is 0. The molecule has 0 unspecified atom stereocenters. The van der Waals surface area contributed by atoms with Crippen LogP contribution in [0.4, 0.5) is 4.79 Å². The van der Waals surface area contributed by atoms with Gasteiger partial charge in [0.05, 0.1) is 20.2 Å². The molecule has 0 aliphatic carbocycles. The van der Waals surface area contributed by atoms with Gasteiger partial charge in [0.1, 0.15) is 12.4 Å². The van der Waals surface area contributed by atoms with Crippen molar-refractivity contribution in [3.63, 3.8) is 0 Å². The van der Waals surface area contributed by atoms with Gasteiger partial charge in [-0.15, -0.1) is 0 Å². The molecule has 1 N–H and O–H groups in total. The lowest BCUT2D eigenvalue weighted by atomic mass is 10.3. The van der Waals surface area contributed by atoms with Gasteiger partial charge in [-0.1, -0.05) is 0 Å². The Morgan fingerprint density at radius 1 is 1.17 bits per heavy atom. The molecular weight excluding hydrogens is 330 g/mol. The lowest BCUT2D eigenvalue weighted by molar-refractivity contribution is -0.671. The Hall–Kier alpha value is -1.42. The molecular formula is C15H30N3O5Si+. The zero-order valence-corrected chi connectivity index (χ0v) is 16.1. The van der Waals surface area contributed by atoms with Crippen LogP contribution in [0.1, 0.15) is 19.3 Å². The molecule has 0 bridgehead atoms. The van der Waals surface area contributed by atoms with Crippen molar-refractivity contribution in [2.24, 2.45) is 7.05 Å². The summed E-state index contributed by atoms with van der Waals surface area (Å²) in [6, 6.07) is 0.644. The molecule has 0 radical (unpaired) electrons. The fourth-order valence-corrected chi connectivity index (χ4v) is 4.02. The summed E-state index contributed by atoms with van der Waals surface area (Å²) in [7, 11) is 4.17. The van der Waals surface area contributed by atoms with Gasteiger partial charge in [0.2, 0.25) is 6.33 Å². The average molecular weight is 361 g/mol. The van der Waals surface area contributed by atoms with Gasteiger partial charge in [-0.05, 0) is 19.3 Å². The molecule has 1 rings (SSSR count). The van der Waals surface area contributed by atoms with Gasteiger partial charge in [0.15, 0.2) is 0 Å². The van der Waals surface area contributed by atoms with Crippen LogP contribution in [0.3, 0.4) is 0 Å². The number of unbranched alkanes of at least 4 members (excludes halogenated alkanes) is 1. The number of nitrogens with zero attached hydrogens (tertiary/aromatic N) is 2. The summed E-state index contributed by atoms with van der Waals surface area (Å²) < 4.78 is 25.2. The van der Waals surface area contributed by atoms with Crippen LogP contribution in [0.5, 0.6) is 0 Å². The number of rotatable bonds is 12. The van der Waals surface area contributed by atoms with Gasteiger partial charge in [0, 0.05) is 33.9 Å². The number of aromatic nitrogens is 2. The van der Waals surface area contributed by atoms with Crippen LogP contribution in [0.2, 0.25) is 6.04 Å². The molecule has 9 heteroatoms. The number of imidazole rings is 1. The van der Waals surface area contributed by atoms with E-state index in [4.69, 9.17) is 18.0 Å². The van der Waals surface area contributed by atoms with Crippen LogP contribution in [0, 0.1) is 0 Å². The standard InChI is InChI=1S/C15H29N3O5Si/c1-17-10-11-18(14-17)9-5-6-12-23-15(19)16-8-7-13-24(20-2,21-3)22-4/h10-11,14H,5-9,12-13H2,1-4H3/p+1. The molecule has 0 aliphatic rings. The summed E-state index contributed by atoms with van der Waals surface area (Å²) in [5, 5.41) is 2.73. The highest BCUT2D eigenvalue weighted by molar-refractivity contribution is 6.60. The van der Waals surface area contributed by atoms with E-state index in [1.165, 1.54) is 0 Å². The summed E-state index contributed by atoms with van der Waals surface area (Å²) in [4.78, 5) is 11.6. The Morgan fingerprint density at radius 3 is 2.46 bits per heavy atom. The fourth-order valence-electron chi connectivity index (χ4n) is 2.30. The molecule has 0 fully saturated rings. The minimum absolute atomic E-state index is 0.387. The quantitative estimate of drug-likeness (QED) is 0.343. The van der Waals surface area contributed by atoms with E-state index in [0.717, 1.165) is 19.4 Å². The lowest BCUT2D eigenvalue weighted by Crippen LogP contribution is -2.43. The van der Waals surface area contributed by atoms with Gasteiger partial charge in [-0.2, -0.15) is 0 Å². The molecule has 0 aromatic carbocycles. The summed E-state index contributed by atoms with van der Waals surface area (Å²) in [5.41, 5.74) is 0. The predicted octanol–water partition coefficient (Wildman–Crippen LogP) is 1.09. The van der Waals surface area contributed by atoms with Gasteiger partial charge in [-0.25, -0.2) is 13.9 Å². The monoisotopic (exact) mass is 360 g/mol. The van der Waals surface area contributed by atoms with Crippen molar-refractivity contribution >= 4 is 14.9 Å². The van der Waals surface area contributed by atoms with E-state index in [1.54, 1.807) is 21.3 Å². The van der Waals surface area contributed by atoms with E-state index in [9.17, 15) is 4.79 Å². The smallest absolute Gasteiger partial charge is 0.450 e. The molecule has 1 heterocycles.